The molecule has 142 valence electrons. The number of fused-ring (bicyclic) bond motifs is 3. The topological polar surface area (TPSA) is 30.7 Å². The molecule has 2 heterocycles. The molecule has 0 amide bonds. The van der Waals surface area contributed by atoms with Crippen LogP contribution in [0.3, 0.4) is 0 Å². The van der Waals surface area contributed by atoms with Gasteiger partial charge in [0, 0.05) is 33.6 Å². The Morgan fingerprint density at radius 1 is 0.897 bits per heavy atom. The average Bonchev–Trinajstić information content (AvgIpc) is 3.08. The van der Waals surface area contributed by atoms with E-state index in [1.807, 2.05) is 37.3 Å². The molecule has 0 spiro atoms. The highest BCUT2D eigenvalue weighted by molar-refractivity contribution is 6.30. The molecule has 5 aromatic rings. The van der Waals surface area contributed by atoms with Gasteiger partial charge < -0.3 is 0 Å². The number of halogens is 3. The molecule has 0 radical (unpaired) electrons. The molecular weight excluding hydrogens is 392 g/mol. The van der Waals surface area contributed by atoms with E-state index in [1.165, 1.54) is 16.8 Å². The summed E-state index contributed by atoms with van der Waals surface area (Å²) in [4.78, 5) is 4.56. The van der Waals surface area contributed by atoms with Crippen LogP contribution in [0.15, 0.2) is 66.9 Å². The van der Waals surface area contributed by atoms with Gasteiger partial charge in [-0.1, -0.05) is 35.4 Å². The number of hydrogen-bond donors (Lipinski definition) is 0. The summed E-state index contributed by atoms with van der Waals surface area (Å²) in [5.41, 5.74) is 4.19. The van der Waals surface area contributed by atoms with Gasteiger partial charge in [0.1, 0.15) is 17.2 Å². The van der Waals surface area contributed by atoms with Gasteiger partial charge >= 0.3 is 0 Å². The lowest BCUT2D eigenvalue weighted by atomic mass is 10.1. The summed E-state index contributed by atoms with van der Waals surface area (Å²) in [6.07, 6.45) is 1.74. The van der Waals surface area contributed by atoms with Gasteiger partial charge in [0.25, 0.3) is 0 Å². The van der Waals surface area contributed by atoms with Crippen LogP contribution in [0.5, 0.6) is 0 Å². The number of benzene rings is 3. The molecule has 0 unspecified atom stereocenters. The van der Waals surface area contributed by atoms with Crippen molar-refractivity contribution in [2.45, 2.75) is 6.92 Å². The highest BCUT2D eigenvalue weighted by Gasteiger charge is 2.19. The lowest BCUT2D eigenvalue weighted by molar-refractivity contribution is 0.575. The second-order valence-corrected chi connectivity index (χ2v) is 7.34. The first-order chi connectivity index (χ1) is 14.0. The summed E-state index contributed by atoms with van der Waals surface area (Å²) in [6.45, 7) is 1.98. The van der Waals surface area contributed by atoms with Crippen LogP contribution in [-0.2, 0) is 0 Å². The van der Waals surface area contributed by atoms with Gasteiger partial charge in [0.15, 0.2) is 5.82 Å². The molecular formula is C23H14ClF2N3. The van der Waals surface area contributed by atoms with E-state index in [4.69, 9.17) is 16.7 Å². The summed E-state index contributed by atoms with van der Waals surface area (Å²) in [7, 11) is 0. The van der Waals surface area contributed by atoms with E-state index in [2.05, 4.69) is 4.98 Å². The summed E-state index contributed by atoms with van der Waals surface area (Å²) >= 11 is 6.03. The predicted octanol–water partition coefficient (Wildman–Crippen LogP) is 6.48. The highest BCUT2D eigenvalue weighted by Crippen LogP contribution is 2.35. The molecule has 0 saturated carbocycles. The first-order valence-corrected chi connectivity index (χ1v) is 9.38. The van der Waals surface area contributed by atoms with E-state index in [-0.39, 0.29) is 5.69 Å². The molecule has 0 aliphatic carbocycles. The summed E-state index contributed by atoms with van der Waals surface area (Å²) < 4.78 is 29.7. The van der Waals surface area contributed by atoms with Crippen LogP contribution in [0.4, 0.5) is 8.78 Å². The zero-order valence-corrected chi connectivity index (χ0v) is 16.1. The quantitative estimate of drug-likeness (QED) is 0.336. The van der Waals surface area contributed by atoms with E-state index in [9.17, 15) is 8.78 Å². The molecule has 0 aliphatic heterocycles. The Morgan fingerprint density at radius 3 is 2.45 bits per heavy atom. The highest BCUT2D eigenvalue weighted by atomic mass is 35.5. The third kappa shape index (κ3) is 2.95. The molecule has 0 aliphatic rings. The largest absolute Gasteiger partial charge is 0.255 e. The van der Waals surface area contributed by atoms with Crippen LogP contribution in [0.1, 0.15) is 5.56 Å². The Bertz CT molecular complexity index is 1390. The summed E-state index contributed by atoms with van der Waals surface area (Å²) in [5.74, 6) is -1.32. The lowest BCUT2D eigenvalue weighted by Crippen LogP contribution is -2.01. The number of nitrogens with zero attached hydrogens (tertiary/aromatic N) is 3. The normalized spacial score (nSPS) is 11.4. The standard InChI is InChI=1S/C23H14ClF2N3/c1-13-2-8-20-17(10-13)23-18(12-27-20)22(14-3-5-15(24)6-4-14)28-29(23)21-9-7-16(25)11-19(21)26/h2-12H,1H3. The van der Waals surface area contributed by atoms with Gasteiger partial charge in [-0.2, -0.15) is 5.10 Å². The molecule has 0 saturated heterocycles. The summed E-state index contributed by atoms with van der Waals surface area (Å²) in [5, 5.41) is 6.93. The zero-order valence-electron chi connectivity index (χ0n) is 15.3. The van der Waals surface area contributed by atoms with E-state index in [0.29, 0.717) is 16.2 Å². The van der Waals surface area contributed by atoms with Crippen LogP contribution in [-0.4, -0.2) is 14.8 Å². The van der Waals surface area contributed by atoms with Crippen molar-refractivity contribution in [2.24, 2.45) is 0 Å². The van der Waals surface area contributed by atoms with Crippen molar-refractivity contribution in [3.05, 3.63) is 89.1 Å². The molecule has 0 atom stereocenters. The molecule has 0 fully saturated rings. The van der Waals surface area contributed by atoms with E-state index >= 15 is 0 Å². The van der Waals surface area contributed by atoms with E-state index in [0.717, 1.165) is 33.5 Å². The second kappa shape index (κ2) is 6.64. The Kier molecular flexibility index (Phi) is 4.07. The SMILES string of the molecule is Cc1ccc2ncc3c(-c4ccc(Cl)cc4)nn(-c4ccc(F)cc4F)c3c2c1. The predicted molar refractivity (Wildman–Crippen MR) is 111 cm³/mol. The second-order valence-electron chi connectivity index (χ2n) is 6.90. The van der Waals surface area contributed by atoms with E-state index < -0.39 is 11.6 Å². The maximum Gasteiger partial charge on any atom is 0.151 e. The van der Waals surface area contributed by atoms with Gasteiger partial charge in [-0.25, -0.2) is 13.5 Å². The van der Waals surface area contributed by atoms with Crippen molar-refractivity contribution in [3.63, 3.8) is 0 Å². The number of hydrogen-bond acceptors (Lipinski definition) is 2. The molecule has 3 nitrogen and oxygen atoms in total. The molecule has 5 rings (SSSR count). The monoisotopic (exact) mass is 405 g/mol. The number of aryl methyl sites for hydroxylation is 1. The first kappa shape index (κ1) is 17.8. The maximum atomic E-state index is 14.7. The van der Waals surface area contributed by atoms with Crippen molar-refractivity contribution in [3.8, 4) is 16.9 Å². The fourth-order valence-electron chi connectivity index (χ4n) is 3.55. The van der Waals surface area contributed by atoms with Gasteiger partial charge in [-0.3, -0.25) is 4.98 Å². The zero-order chi connectivity index (χ0) is 20.1. The molecule has 29 heavy (non-hydrogen) atoms. The van der Waals surface area contributed by atoms with Crippen LogP contribution in [0.2, 0.25) is 5.02 Å². The lowest BCUT2D eigenvalue weighted by Gasteiger charge is -2.07. The third-order valence-corrected chi connectivity index (χ3v) is 5.17. The molecule has 0 bridgehead atoms. The van der Waals surface area contributed by atoms with Crippen molar-refractivity contribution in [1.29, 1.82) is 0 Å². The number of aromatic nitrogens is 3. The Morgan fingerprint density at radius 2 is 1.69 bits per heavy atom. The van der Waals surface area contributed by atoms with E-state index in [1.54, 1.807) is 18.3 Å². The third-order valence-electron chi connectivity index (χ3n) is 4.92. The first-order valence-electron chi connectivity index (χ1n) is 9.01. The maximum absolute atomic E-state index is 14.7. The smallest absolute Gasteiger partial charge is 0.151 e. The van der Waals surface area contributed by atoms with Gasteiger partial charge in [0.2, 0.25) is 0 Å². The minimum absolute atomic E-state index is 0.172. The number of pyridine rings is 1. The molecule has 2 aromatic heterocycles. The van der Waals surface area contributed by atoms with Gasteiger partial charge in [0.05, 0.1) is 11.0 Å². The van der Waals surface area contributed by atoms with Gasteiger partial charge in [-0.15, -0.1) is 0 Å². The Balaban J connectivity index is 1.92. The molecule has 6 heteroatoms. The van der Waals surface area contributed by atoms with Gasteiger partial charge in [-0.05, 0) is 43.3 Å². The van der Waals surface area contributed by atoms with Crippen LogP contribution < -0.4 is 0 Å². The van der Waals surface area contributed by atoms with Crippen LogP contribution >= 0.6 is 11.6 Å². The van der Waals surface area contributed by atoms with Crippen LogP contribution in [0, 0.1) is 18.6 Å². The minimum atomic E-state index is -0.685. The Hall–Kier alpha value is -3.31. The molecule has 3 aromatic carbocycles. The Labute approximate surface area is 170 Å². The number of rotatable bonds is 2. The summed E-state index contributed by atoms with van der Waals surface area (Å²) in [6, 6.07) is 16.6. The van der Waals surface area contributed by atoms with Crippen molar-refractivity contribution in [1.82, 2.24) is 14.8 Å². The minimum Gasteiger partial charge on any atom is -0.255 e. The molecule has 0 N–H and O–H groups in total. The van der Waals surface area contributed by atoms with Crippen molar-refractivity contribution >= 4 is 33.4 Å². The fourth-order valence-corrected chi connectivity index (χ4v) is 3.67. The fraction of sp³-hybridized carbons (Fsp3) is 0.0435. The van der Waals surface area contributed by atoms with Crippen molar-refractivity contribution in [2.75, 3.05) is 0 Å². The van der Waals surface area contributed by atoms with Crippen molar-refractivity contribution < 1.29 is 8.78 Å². The average molecular weight is 406 g/mol. The van der Waals surface area contributed by atoms with Crippen LogP contribution in [0.25, 0.3) is 38.8 Å².